The summed E-state index contributed by atoms with van der Waals surface area (Å²) < 4.78 is 6.11. The van der Waals surface area contributed by atoms with E-state index < -0.39 is 0 Å². The Morgan fingerprint density at radius 2 is 2.15 bits per heavy atom. The highest BCUT2D eigenvalue weighted by molar-refractivity contribution is 6.17. The van der Waals surface area contributed by atoms with Gasteiger partial charge in [0.1, 0.15) is 6.10 Å². The third-order valence-electron chi connectivity index (χ3n) is 4.42. The van der Waals surface area contributed by atoms with Crippen molar-refractivity contribution < 1.29 is 4.74 Å². The molecular weight excluding hydrogens is 272 g/mol. The fourth-order valence-corrected chi connectivity index (χ4v) is 3.31. The molecular formula is C16H25ClN2O. The molecule has 1 aromatic rings. The van der Waals surface area contributed by atoms with Gasteiger partial charge in [0, 0.05) is 17.5 Å². The number of ether oxygens (including phenoxy) is 1. The summed E-state index contributed by atoms with van der Waals surface area (Å²) in [7, 11) is 0. The molecule has 112 valence electrons. The van der Waals surface area contributed by atoms with E-state index >= 15 is 0 Å². The van der Waals surface area contributed by atoms with Crippen molar-refractivity contribution in [2.45, 2.75) is 58.9 Å². The van der Waals surface area contributed by atoms with Gasteiger partial charge in [-0.15, -0.1) is 11.6 Å². The van der Waals surface area contributed by atoms with Gasteiger partial charge in [0.15, 0.2) is 0 Å². The van der Waals surface area contributed by atoms with Gasteiger partial charge in [0.25, 0.3) is 0 Å². The van der Waals surface area contributed by atoms with Crippen LogP contribution >= 0.6 is 11.6 Å². The first kappa shape index (κ1) is 15.6. The Bertz CT molecular complexity index is 450. The molecule has 1 aliphatic carbocycles. The third kappa shape index (κ3) is 3.63. The lowest BCUT2D eigenvalue weighted by Gasteiger charge is -2.36. The van der Waals surface area contributed by atoms with Gasteiger partial charge in [-0.05, 0) is 37.5 Å². The summed E-state index contributed by atoms with van der Waals surface area (Å²) in [6, 6.07) is 0.501. The highest BCUT2D eigenvalue weighted by Crippen LogP contribution is 2.35. The highest BCUT2D eigenvalue weighted by Gasteiger charge is 2.32. The van der Waals surface area contributed by atoms with Crippen molar-refractivity contribution >= 4 is 11.6 Å². The number of hydrogen-bond acceptors (Lipinski definition) is 3. The van der Waals surface area contributed by atoms with E-state index in [2.05, 4.69) is 30.7 Å². The maximum atomic E-state index is 6.11. The highest BCUT2D eigenvalue weighted by atomic mass is 35.5. The lowest BCUT2D eigenvalue weighted by Crippen LogP contribution is -2.36. The topological polar surface area (TPSA) is 35.0 Å². The lowest BCUT2D eigenvalue weighted by molar-refractivity contribution is 0.0388. The Balaban J connectivity index is 2.11. The molecule has 3 nitrogen and oxygen atoms in total. The van der Waals surface area contributed by atoms with Crippen molar-refractivity contribution in [3.05, 3.63) is 17.5 Å². The Morgan fingerprint density at radius 1 is 1.40 bits per heavy atom. The second-order valence-corrected chi connectivity index (χ2v) is 6.65. The SMILES string of the molecule is Cc1nc(OC2CC(C)CCC2C(C)C)ncc1CCl. The molecule has 4 heteroatoms. The lowest BCUT2D eigenvalue weighted by atomic mass is 9.75. The summed E-state index contributed by atoms with van der Waals surface area (Å²) in [6.45, 7) is 8.81. The van der Waals surface area contributed by atoms with Crippen LogP contribution in [-0.2, 0) is 5.88 Å². The van der Waals surface area contributed by atoms with Crippen LogP contribution in [0.1, 0.15) is 51.3 Å². The number of alkyl halides is 1. The quantitative estimate of drug-likeness (QED) is 0.774. The monoisotopic (exact) mass is 296 g/mol. The zero-order valence-electron chi connectivity index (χ0n) is 12.9. The van der Waals surface area contributed by atoms with Crippen LogP contribution in [0.5, 0.6) is 6.01 Å². The first-order valence-corrected chi connectivity index (χ1v) is 8.09. The minimum Gasteiger partial charge on any atom is -0.460 e. The molecule has 2 rings (SSSR count). The maximum Gasteiger partial charge on any atom is 0.316 e. The first-order chi connectivity index (χ1) is 9.51. The molecule has 20 heavy (non-hydrogen) atoms. The van der Waals surface area contributed by atoms with Crippen LogP contribution in [0.25, 0.3) is 0 Å². The summed E-state index contributed by atoms with van der Waals surface area (Å²) in [5.41, 5.74) is 1.88. The number of aromatic nitrogens is 2. The average Bonchev–Trinajstić information content (AvgIpc) is 2.38. The van der Waals surface area contributed by atoms with Crippen LogP contribution in [0, 0.1) is 24.7 Å². The smallest absolute Gasteiger partial charge is 0.316 e. The molecule has 0 bridgehead atoms. The number of halogens is 1. The van der Waals surface area contributed by atoms with Gasteiger partial charge in [0.2, 0.25) is 0 Å². The van der Waals surface area contributed by atoms with E-state index in [0.717, 1.165) is 23.6 Å². The normalized spacial score (nSPS) is 26.8. The second kappa shape index (κ2) is 6.75. The molecule has 3 atom stereocenters. The van der Waals surface area contributed by atoms with E-state index in [0.29, 0.717) is 23.7 Å². The largest absolute Gasteiger partial charge is 0.460 e. The number of rotatable bonds is 4. The van der Waals surface area contributed by atoms with Crippen LogP contribution in [0.2, 0.25) is 0 Å². The van der Waals surface area contributed by atoms with E-state index in [9.17, 15) is 0 Å². The molecule has 1 saturated carbocycles. The Hall–Kier alpha value is -0.830. The van der Waals surface area contributed by atoms with E-state index in [-0.39, 0.29) is 6.10 Å². The van der Waals surface area contributed by atoms with Crippen LogP contribution < -0.4 is 4.74 Å². The van der Waals surface area contributed by atoms with E-state index in [1.807, 2.05) is 6.92 Å². The Labute approximate surface area is 127 Å². The van der Waals surface area contributed by atoms with Crippen LogP contribution in [0.4, 0.5) is 0 Å². The fourth-order valence-electron chi connectivity index (χ4n) is 3.04. The van der Waals surface area contributed by atoms with Gasteiger partial charge in [0.05, 0.1) is 5.88 Å². The predicted molar refractivity (Wildman–Crippen MR) is 82.1 cm³/mol. The molecule has 0 saturated heterocycles. The van der Waals surface area contributed by atoms with Crippen LogP contribution in [0.15, 0.2) is 6.20 Å². The predicted octanol–water partition coefficient (Wildman–Crippen LogP) is 4.36. The zero-order valence-corrected chi connectivity index (χ0v) is 13.7. The zero-order chi connectivity index (χ0) is 14.7. The first-order valence-electron chi connectivity index (χ1n) is 7.56. The number of hydrogen-bond donors (Lipinski definition) is 0. The molecule has 0 N–H and O–H groups in total. The molecule has 0 amide bonds. The van der Waals surface area contributed by atoms with E-state index in [1.54, 1.807) is 6.20 Å². The van der Waals surface area contributed by atoms with Crippen molar-refractivity contribution in [3.8, 4) is 6.01 Å². The van der Waals surface area contributed by atoms with Gasteiger partial charge in [-0.2, -0.15) is 0 Å². The van der Waals surface area contributed by atoms with Crippen LogP contribution in [0.3, 0.4) is 0 Å². The average molecular weight is 297 g/mol. The Kier molecular flexibility index (Phi) is 5.25. The molecule has 0 spiro atoms. The minimum absolute atomic E-state index is 0.236. The summed E-state index contributed by atoms with van der Waals surface area (Å²) in [4.78, 5) is 8.74. The second-order valence-electron chi connectivity index (χ2n) is 6.38. The van der Waals surface area contributed by atoms with E-state index in [1.165, 1.54) is 12.8 Å². The van der Waals surface area contributed by atoms with Crippen molar-refractivity contribution in [2.75, 3.05) is 0 Å². The molecule has 1 aromatic heterocycles. The molecule has 3 unspecified atom stereocenters. The summed E-state index contributed by atoms with van der Waals surface area (Å²) in [5, 5.41) is 0. The van der Waals surface area contributed by atoms with Gasteiger partial charge in [-0.3, -0.25) is 0 Å². The summed E-state index contributed by atoms with van der Waals surface area (Å²) in [5.74, 6) is 2.40. The number of aryl methyl sites for hydroxylation is 1. The summed E-state index contributed by atoms with van der Waals surface area (Å²) >= 11 is 5.84. The van der Waals surface area contributed by atoms with Gasteiger partial charge in [-0.1, -0.05) is 27.2 Å². The third-order valence-corrected chi connectivity index (χ3v) is 4.71. The molecule has 1 fully saturated rings. The number of nitrogens with zero attached hydrogens (tertiary/aromatic N) is 2. The Morgan fingerprint density at radius 3 is 2.75 bits per heavy atom. The molecule has 1 aliphatic rings. The summed E-state index contributed by atoms with van der Waals surface area (Å²) in [6.07, 6.45) is 5.65. The molecule has 0 aliphatic heterocycles. The molecule has 1 heterocycles. The van der Waals surface area contributed by atoms with Crippen molar-refractivity contribution in [1.29, 1.82) is 0 Å². The van der Waals surface area contributed by atoms with E-state index in [4.69, 9.17) is 16.3 Å². The fraction of sp³-hybridized carbons (Fsp3) is 0.750. The van der Waals surface area contributed by atoms with Gasteiger partial charge >= 0.3 is 6.01 Å². The maximum absolute atomic E-state index is 6.11. The molecule has 0 radical (unpaired) electrons. The van der Waals surface area contributed by atoms with Gasteiger partial charge in [-0.25, -0.2) is 9.97 Å². The van der Waals surface area contributed by atoms with Crippen molar-refractivity contribution in [1.82, 2.24) is 9.97 Å². The molecule has 0 aromatic carbocycles. The van der Waals surface area contributed by atoms with Gasteiger partial charge < -0.3 is 4.74 Å². The van der Waals surface area contributed by atoms with Crippen LogP contribution in [-0.4, -0.2) is 16.1 Å². The van der Waals surface area contributed by atoms with Crippen molar-refractivity contribution in [2.24, 2.45) is 17.8 Å². The standard InChI is InChI=1S/C16H25ClN2O/c1-10(2)14-6-5-11(3)7-15(14)20-16-18-9-13(8-17)12(4)19-16/h9-11,14-15H,5-8H2,1-4H3. The minimum atomic E-state index is 0.236. The van der Waals surface area contributed by atoms with Crippen molar-refractivity contribution in [3.63, 3.8) is 0 Å².